The van der Waals surface area contributed by atoms with Crippen molar-refractivity contribution in [2.75, 3.05) is 13.2 Å². The second kappa shape index (κ2) is 4.79. The first-order chi connectivity index (χ1) is 7.03. The molecule has 1 fully saturated rings. The summed E-state index contributed by atoms with van der Waals surface area (Å²) in [6.45, 7) is 9.11. The van der Waals surface area contributed by atoms with Gasteiger partial charge in [-0.2, -0.15) is 0 Å². The van der Waals surface area contributed by atoms with E-state index in [0.29, 0.717) is 18.8 Å². The molecule has 3 nitrogen and oxygen atoms in total. The number of unbranched alkanes of at least 4 members (excludes halogenated alkanes) is 1. The molecule has 86 valence electrons. The molecular formula is C12H20O3. The summed E-state index contributed by atoms with van der Waals surface area (Å²) >= 11 is 0. The van der Waals surface area contributed by atoms with Crippen molar-refractivity contribution in [3.63, 3.8) is 0 Å². The molecule has 0 saturated carbocycles. The maximum atomic E-state index is 10.9. The molecule has 0 aliphatic carbocycles. The normalized spacial score (nSPS) is 20.4. The van der Waals surface area contributed by atoms with Crippen LogP contribution in [0.15, 0.2) is 12.2 Å². The number of ether oxygens (including phenoxy) is 1. The number of hydrogen-bond acceptors (Lipinski definition) is 2. The zero-order valence-corrected chi connectivity index (χ0v) is 9.58. The maximum Gasteiger partial charge on any atom is 0.331 e. The molecule has 0 aromatic carbocycles. The van der Waals surface area contributed by atoms with Crippen LogP contribution in [0.1, 0.15) is 33.1 Å². The van der Waals surface area contributed by atoms with Gasteiger partial charge in [-0.05, 0) is 12.3 Å². The van der Waals surface area contributed by atoms with E-state index in [2.05, 4.69) is 13.5 Å². The maximum absolute atomic E-state index is 10.9. The van der Waals surface area contributed by atoms with Gasteiger partial charge in [0.25, 0.3) is 0 Å². The predicted octanol–water partition coefficient (Wildman–Crippen LogP) is 2.47. The molecule has 0 spiro atoms. The van der Waals surface area contributed by atoms with Crippen LogP contribution >= 0.6 is 0 Å². The summed E-state index contributed by atoms with van der Waals surface area (Å²) < 4.78 is 5.25. The molecule has 1 unspecified atom stereocenters. The lowest BCUT2D eigenvalue weighted by molar-refractivity contribution is -0.148. The summed E-state index contributed by atoms with van der Waals surface area (Å²) in [5, 5.41) is 8.92. The molecule has 1 heterocycles. The second-order valence-electron chi connectivity index (χ2n) is 4.51. The largest absolute Gasteiger partial charge is 0.478 e. The van der Waals surface area contributed by atoms with Gasteiger partial charge in [0.1, 0.15) is 0 Å². The van der Waals surface area contributed by atoms with E-state index in [4.69, 9.17) is 9.84 Å². The van der Waals surface area contributed by atoms with Gasteiger partial charge in [0, 0.05) is 11.0 Å². The molecule has 1 saturated heterocycles. The van der Waals surface area contributed by atoms with Crippen LogP contribution in [-0.4, -0.2) is 24.3 Å². The topological polar surface area (TPSA) is 46.5 Å². The van der Waals surface area contributed by atoms with E-state index in [1.165, 1.54) is 0 Å². The first-order valence-corrected chi connectivity index (χ1v) is 5.53. The van der Waals surface area contributed by atoms with E-state index in [9.17, 15) is 4.79 Å². The summed E-state index contributed by atoms with van der Waals surface area (Å²) in [6, 6.07) is 0. The Labute approximate surface area is 91.1 Å². The number of carboxylic acids is 1. The minimum atomic E-state index is -0.884. The minimum absolute atomic E-state index is 0.00954. The highest BCUT2D eigenvalue weighted by Gasteiger charge is 2.44. The first kappa shape index (κ1) is 12.2. The highest BCUT2D eigenvalue weighted by atomic mass is 16.5. The van der Waals surface area contributed by atoms with Gasteiger partial charge in [0.15, 0.2) is 0 Å². The van der Waals surface area contributed by atoms with Gasteiger partial charge in [-0.1, -0.05) is 33.3 Å². The van der Waals surface area contributed by atoms with Crippen LogP contribution in [0.4, 0.5) is 0 Å². The van der Waals surface area contributed by atoms with Gasteiger partial charge < -0.3 is 9.84 Å². The number of aliphatic carboxylic acids is 1. The van der Waals surface area contributed by atoms with Crippen molar-refractivity contribution in [3.05, 3.63) is 12.2 Å². The Hall–Kier alpha value is -0.830. The molecule has 1 rings (SSSR count). The third-order valence-electron chi connectivity index (χ3n) is 3.52. The van der Waals surface area contributed by atoms with Crippen molar-refractivity contribution in [1.82, 2.24) is 0 Å². The van der Waals surface area contributed by atoms with Crippen LogP contribution in [0.2, 0.25) is 0 Å². The molecule has 1 atom stereocenters. The Morgan fingerprint density at radius 1 is 1.60 bits per heavy atom. The fourth-order valence-corrected chi connectivity index (χ4v) is 2.06. The van der Waals surface area contributed by atoms with Gasteiger partial charge in [0.2, 0.25) is 0 Å². The quantitative estimate of drug-likeness (QED) is 0.688. The Balaban J connectivity index is 2.64. The fraction of sp³-hybridized carbons (Fsp3) is 0.750. The molecule has 0 bridgehead atoms. The zero-order chi connectivity index (χ0) is 11.5. The molecule has 0 aromatic rings. The lowest BCUT2D eigenvalue weighted by Gasteiger charge is -2.46. The fourth-order valence-electron chi connectivity index (χ4n) is 2.06. The molecule has 15 heavy (non-hydrogen) atoms. The molecule has 1 aliphatic rings. The Bertz CT molecular complexity index is 254. The van der Waals surface area contributed by atoms with Crippen molar-refractivity contribution < 1.29 is 14.6 Å². The summed E-state index contributed by atoms with van der Waals surface area (Å²) in [5.41, 5.74) is 0.347. The van der Waals surface area contributed by atoms with E-state index in [0.717, 1.165) is 19.3 Å². The average Bonchev–Trinajstić information content (AvgIpc) is 2.14. The molecule has 1 aliphatic heterocycles. The molecule has 0 aromatic heterocycles. The Morgan fingerprint density at radius 2 is 2.20 bits per heavy atom. The number of carbonyl (C=O) groups is 1. The third kappa shape index (κ3) is 2.40. The second-order valence-corrected chi connectivity index (χ2v) is 4.51. The van der Waals surface area contributed by atoms with Crippen LogP contribution in [0, 0.1) is 11.3 Å². The van der Waals surface area contributed by atoms with E-state index in [1.807, 2.05) is 6.92 Å². The third-order valence-corrected chi connectivity index (χ3v) is 3.52. The molecule has 3 heteroatoms. The standard InChI is InChI=1S/C12H20O3/c1-4-5-6-12(7-15-8-12)10(3)9(2)11(13)14/h10H,2,4-8H2,1,3H3,(H,13,14). The van der Waals surface area contributed by atoms with E-state index in [-0.39, 0.29) is 11.3 Å². The summed E-state index contributed by atoms with van der Waals surface area (Å²) in [4.78, 5) is 10.9. The van der Waals surface area contributed by atoms with Gasteiger partial charge in [-0.3, -0.25) is 0 Å². The van der Waals surface area contributed by atoms with Crippen molar-refractivity contribution in [2.24, 2.45) is 11.3 Å². The monoisotopic (exact) mass is 212 g/mol. The Morgan fingerprint density at radius 3 is 2.53 bits per heavy atom. The molecule has 1 N–H and O–H groups in total. The van der Waals surface area contributed by atoms with Gasteiger partial charge in [0.05, 0.1) is 13.2 Å². The predicted molar refractivity (Wildman–Crippen MR) is 58.7 cm³/mol. The number of rotatable bonds is 6. The summed E-state index contributed by atoms with van der Waals surface area (Å²) in [7, 11) is 0. The van der Waals surface area contributed by atoms with Crippen LogP contribution in [0.3, 0.4) is 0 Å². The number of carboxylic acid groups (broad SMARTS) is 1. The van der Waals surface area contributed by atoms with Crippen LogP contribution in [0.5, 0.6) is 0 Å². The van der Waals surface area contributed by atoms with Crippen molar-refractivity contribution in [3.8, 4) is 0 Å². The molecule has 0 amide bonds. The van der Waals surface area contributed by atoms with Crippen LogP contribution in [0.25, 0.3) is 0 Å². The SMILES string of the molecule is C=C(C(=O)O)C(C)C1(CCCC)COC1. The van der Waals surface area contributed by atoms with Gasteiger partial charge in [-0.15, -0.1) is 0 Å². The Kier molecular flexibility index (Phi) is 3.91. The van der Waals surface area contributed by atoms with Gasteiger partial charge in [-0.25, -0.2) is 4.79 Å². The summed E-state index contributed by atoms with van der Waals surface area (Å²) in [6.07, 6.45) is 3.30. The lowest BCUT2D eigenvalue weighted by Crippen LogP contribution is -2.48. The lowest BCUT2D eigenvalue weighted by atomic mass is 9.68. The van der Waals surface area contributed by atoms with E-state index in [1.54, 1.807) is 0 Å². The van der Waals surface area contributed by atoms with Crippen molar-refractivity contribution >= 4 is 5.97 Å². The van der Waals surface area contributed by atoms with Crippen molar-refractivity contribution in [2.45, 2.75) is 33.1 Å². The number of hydrogen-bond donors (Lipinski definition) is 1. The highest BCUT2D eigenvalue weighted by Crippen LogP contribution is 2.43. The van der Waals surface area contributed by atoms with Crippen molar-refractivity contribution in [1.29, 1.82) is 0 Å². The minimum Gasteiger partial charge on any atom is -0.478 e. The molecular weight excluding hydrogens is 192 g/mol. The van der Waals surface area contributed by atoms with E-state index >= 15 is 0 Å². The van der Waals surface area contributed by atoms with Crippen LogP contribution in [-0.2, 0) is 9.53 Å². The first-order valence-electron chi connectivity index (χ1n) is 5.53. The van der Waals surface area contributed by atoms with E-state index < -0.39 is 5.97 Å². The van der Waals surface area contributed by atoms with Gasteiger partial charge >= 0.3 is 5.97 Å². The summed E-state index contributed by atoms with van der Waals surface area (Å²) in [5.74, 6) is -0.874. The zero-order valence-electron chi connectivity index (χ0n) is 9.58. The average molecular weight is 212 g/mol. The van der Waals surface area contributed by atoms with Crippen LogP contribution < -0.4 is 0 Å². The highest BCUT2D eigenvalue weighted by molar-refractivity contribution is 5.86. The smallest absolute Gasteiger partial charge is 0.331 e. The molecule has 0 radical (unpaired) electrons.